The van der Waals surface area contributed by atoms with Crippen LogP contribution in [0.25, 0.3) is 0 Å². The number of ether oxygens (including phenoxy) is 3. The Morgan fingerprint density at radius 1 is 1.23 bits per heavy atom. The Bertz CT molecular complexity index is 534. The van der Waals surface area contributed by atoms with Crippen LogP contribution in [0.5, 0.6) is 5.75 Å². The van der Waals surface area contributed by atoms with Gasteiger partial charge in [0.2, 0.25) is 0 Å². The van der Waals surface area contributed by atoms with Crippen molar-refractivity contribution in [3.05, 3.63) is 29.8 Å². The number of benzene rings is 1. The molecular formula is C20H33N3O3. The van der Waals surface area contributed by atoms with Crippen molar-refractivity contribution in [1.82, 2.24) is 10.2 Å². The molecule has 0 aromatic heterocycles. The highest BCUT2D eigenvalue weighted by molar-refractivity contribution is 5.80. The first-order chi connectivity index (χ1) is 12.7. The SMILES string of the molecule is CCNC(=NCCOc1ccc(C)cc1)N1CCC(COCCOC)C1. The predicted molar refractivity (Wildman–Crippen MR) is 105 cm³/mol. The van der Waals surface area contributed by atoms with Gasteiger partial charge < -0.3 is 24.4 Å². The van der Waals surface area contributed by atoms with Gasteiger partial charge in [-0.1, -0.05) is 17.7 Å². The second-order valence-corrected chi connectivity index (χ2v) is 6.57. The molecule has 0 spiro atoms. The minimum absolute atomic E-state index is 0.555. The normalized spacial score (nSPS) is 17.6. The summed E-state index contributed by atoms with van der Waals surface area (Å²) in [5.41, 5.74) is 1.24. The van der Waals surface area contributed by atoms with Gasteiger partial charge in [-0.2, -0.15) is 0 Å². The molecule has 1 N–H and O–H groups in total. The van der Waals surface area contributed by atoms with Crippen LogP contribution in [0.2, 0.25) is 0 Å². The van der Waals surface area contributed by atoms with Crippen LogP contribution in [-0.2, 0) is 9.47 Å². The Balaban J connectivity index is 1.74. The molecule has 6 heteroatoms. The lowest BCUT2D eigenvalue weighted by molar-refractivity contribution is 0.0536. The number of aliphatic imine (C=N–C) groups is 1. The number of hydrogen-bond donors (Lipinski definition) is 1. The molecule has 1 atom stereocenters. The maximum atomic E-state index is 5.76. The number of aryl methyl sites for hydroxylation is 1. The first-order valence-electron chi connectivity index (χ1n) is 9.52. The largest absolute Gasteiger partial charge is 0.492 e. The third-order valence-electron chi connectivity index (χ3n) is 4.35. The summed E-state index contributed by atoms with van der Waals surface area (Å²) in [7, 11) is 1.70. The Morgan fingerprint density at radius 3 is 2.77 bits per heavy atom. The summed E-state index contributed by atoms with van der Waals surface area (Å²) in [6, 6.07) is 8.11. The van der Waals surface area contributed by atoms with Gasteiger partial charge in [0.25, 0.3) is 0 Å². The number of hydrogen-bond acceptors (Lipinski definition) is 4. The molecule has 1 aromatic rings. The third kappa shape index (κ3) is 7.22. The zero-order valence-electron chi connectivity index (χ0n) is 16.4. The highest BCUT2D eigenvalue weighted by Gasteiger charge is 2.24. The third-order valence-corrected chi connectivity index (χ3v) is 4.35. The maximum Gasteiger partial charge on any atom is 0.194 e. The van der Waals surface area contributed by atoms with Crippen molar-refractivity contribution in [2.24, 2.45) is 10.9 Å². The molecule has 146 valence electrons. The molecule has 1 heterocycles. The lowest BCUT2D eigenvalue weighted by Gasteiger charge is -2.21. The van der Waals surface area contributed by atoms with Crippen LogP contribution in [0.1, 0.15) is 18.9 Å². The van der Waals surface area contributed by atoms with Gasteiger partial charge in [0, 0.05) is 32.7 Å². The molecule has 0 aliphatic carbocycles. The molecule has 1 aromatic carbocycles. The Kier molecular flexibility index (Phi) is 9.28. The van der Waals surface area contributed by atoms with Crippen LogP contribution in [0, 0.1) is 12.8 Å². The van der Waals surface area contributed by atoms with Gasteiger partial charge in [0.05, 0.1) is 26.4 Å². The van der Waals surface area contributed by atoms with Crippen molar-refractivity contribution in [2.75, 3.05) is 59.7 Å². The summed E-state index contributed by atoms with van der Waals surface area (Å²) in [6.45, 7) is 10.4. The van der Waals surface area contributed by atoms with E-state index in [1.54, 1.807) is 7.11 Å². The Hall–Kier alpha value is -1.79. The Labute approximate surface area is 157 Å². The fraction of sp³-hybridized carbons (Fsp3) is 0.650. The quantitative estimate of drug-likeness (QED) is 0.393. The molecule has 2 rings (SSSR count). The van der Waals surface area contributed by atoms with Crippen LogP contribution in [0.4, 0.5) is 0 Å². The first kappa shape index (κ1) is 20.5. The second kappa shape index (κ2) is 11.8. The number of nitrogens with zero attached hydrogens (tertiary/aromatic N) is 2. The monoisotopic (exact) mass is 363 g/mol. The van der Waals surface area contributed by atoms with Gasteiger partial charge >= 0.3 is 0 Å². The van der Waals surface area contributed by atoms with E-state index in [1.165, 1.54) is 5.56 Å². The van der Waals surface area contributed by atoms with Gasteiger partial charge in [-0.3, -0.25) is 0 Å². The van der Waals surface area contributed by atoms with Crippen LogP contribution >= 0.6 is 0 Å². The molecular weight excluding hydrogens is 330 g/mol. The van der Waals surface area contributed by atoms with Crippen molar-refractivity contribution in [3.8, 4) is 5.75 Å². The highest BCUT2D eigenvalue weighted by atomic mass is 16.5. The number of nitrogens with one attached hydrogen (secondary N) is 1. The zero-order valence-corrected chi connectivity index (χ0v) is 16.4. The topological polar surface area (TPSA) is 55.3 Å². The van der Waals surface area contributed by atoms with E-state index in [0.29, 0.717) is 32.3 Å². The van der Waals surface area contributed by atoms with Gasteiger partial charge in [-0.25, -0.2) is 4.99 Å². The van der Waals surface area contributed by atoms with E-state index in [9.17, 15) is 0 Å². The minimum atomic E-state index is 0.555. The zero-order chi connectivity index (χ0) is 18.6. The minimum Gasteiger partial charge on any atom is -0.492 e. The van der Waals surface area contributed by atoms with Crippen molar-refractivity contribution in [3.63, 3.8) is 0 Å². The lowest BCUT2D eigenvalue weighted by atomic mass is 10.1. The smallest absolute Gasteiger partial charge is 0.194 e. The van der Waals surface area contributed by atoms with E-state index in [0.717, 1.165) is 44.4 Å². The van der Waals surface area contributed by atoms with E-state index >= 15 is 0 Å². The maximum absolute atomic E-state index is 5.76. The van der Waals surface area contributed by atoms with Crippen molar-refractivity contribution < 1.29 is 14.2 Å². The van der Waals surface area contributed by atoms with Crippen LogP contribution in [0.15, 0.2) is 29.3 Å². The lowest BCUT2D eigenvalue weighted by Crippen LogP contribution is -2.40. The average molecular weight is 364 g/mol. The fourth-order valence-electron chi connectivity index (χ4n) is 2.93. The summed E-state index contributed by atoms with van der Waals surface area (Å²) in [6.07, 6.45) is 1.14. The summed E-state index contributed by atoms with van der Waals surface area (Å²) in [4.78, 5) is 7.04. The van der Waals surface area contributed by atoms with E-state index in [2.05, 4.69) is 36.2 Å². The number of likely N-dealkylation sites (tertiary alicyclic amines) is 1. The van der Waals surface area contributed by atoms with Gasteiger partial charge in [-0.05, 0) is 32.4 Å². The van der Waals surface area contributed by atoms with E-state index in [4.69, 9.17) is 19.2 Å². The molecule has 1 unspecified atom stereocenters. The summed E-state index contributed by atoms with van der Waals surface area (Å²) in [5, 5.41) is 3.39. The molecule has 1 aliphatic rings. The summed E-state index contributed by atoms with van der Waals surface area (Å²) in [5.74, 6) is 2.42. The van der Waals surface area contributed by atoms with Gasteiger partial charge in [0.15, 0.2) is 5.96 Å². The highest BCUT2D eigenvalue weighted by Crippen LogP contribution is 2.16. The number of guanidine groups is 1. The summed E-state index contributed by atoms with van der Waals surface area (Å²) < 4.78 is 16.4. The number of methoxy groups -OCH3 is 1. The fourth-order valence-corrected chi connectivity index (χ4v) is 2.93. The molecule has 26 heavy (non-hydrogen) atoms. The molecule has 1 aliphatic heterocycles. The molecule has 1 fully saturated rings. The average Bonchev–Trinajstić information content (AvgIpc) is 3.12. The van der Waals surface area contributed by atoms with Crippen molar-refractivity contribution in [2.45, 2.75) is 20.3 Å². The standard InChI is InChI=1S/C20H33N3O3/c1-4-21-20(22-10-12-26-19-7-5-17(2)6-8-19)23-11-9-18(15-23)16-25-14-13-24-3/h5-8,18H,4,9-16H2,1-3H3,(H,21,22). The first-order valence-corrected chi connectivity index (χ1v) is 9.52. The van der Waals surface area contributed by atoms with Crippen LogP contribution in [0.3, 0.4) is 0 Å². The molecule has 1 saturated heterocycles. The Morgan fingerprint density at radius 2 is 2.04 bits per heavy atom. The van der Waals surface area contributed by atoms with E-state index in [-0.39, 0.29) is 0 Å². The van der Waals surface area contributed by atoms with Gasteiger partial charge in [0.1, 0.15) is 12.4 Å². The van der Waals surface area contributed by atoms with E-state index < -0.39 is 0 Å². The molecule has 6 nitrogen and oxygen atoms in total. The van der Waals surface area contributed by atoms with Crippen molar-refractivity contribution >= 4 is 5.96 Å². The summed E-state index contributed by atoms with van der Waals surface area (Å²) >= 11 is 0. The predicted octanol–water partition coefficient (Wildman–Crippen LogP) is 2.32. The van der Waals surface area contributed by atoms with Crippen molar-refractivity contribution in [1.29, 1.82) is 0 Å². The van der Waals surface area contributed by atoms with Crippen LogP contribution < -0.4 is 10.1 Å². The van der Waals surface area contributed by atoms with Gasteiger partial charge in [-0.15, -0.1) is 0 Å². The second-order valence-electron chi connectivity index (χ2n) is 6.57. The molecule has 0 bridgehead atoms. The molecule has 0 saturated carbocycles. The molecule has 0 radical (unpaired) electrons. The number of rotatable bonds is 10. The van der Waals surface area contributed by atoms with E-state index in [1.807, 2.05) is 12.1 Å². The van der Waals surface area contributed by atoms with Crippen LogP contribution in [-0.4, -0.2) is 70.6 Å². The molecule has 0 amide bonds.